The summed E-state index contributed by atoms with van der Waals surface area (Å²) in [5, 5.41) is 10.7. The van der Waals surface area contributed by atoms with Crippen LogP contribution >= 0.6 is 0 Å². The van der Waals surface area contributed by atoms with Crippen molar-refractivity contribution in [1.82, 2.24) is 0 Å². The molecule has 1 unspecified atom stereocenters. The summed E-state index contributed by atoms with van der Waals surface area (Å²) < 4.78 is 29.2. The number of hydrogen-bond acceptors (Lipinski definition) is 6. The molecular weight excluding hydrogens is 348 g/mol. The second kappa shape index (κ2) is 8.48. The van der Waals surface area contributed by atoms with Crippen LogP contribution in [0.15, 0.2) is 60.7 Å². The van der Waals surface area contributed by atoms with Gasteiger partial charge in [-0.25, -0.2) is 0 Å². The number of fused-ring (bicyclic) bond motifs is 1. The molecule has 6 heteroatoms. The monoisotopic (exact) mass is 372 g/mol. The highest BCUT2D eigenvalue weighted by atomic mass is 16.8. The van der Waals surface area contributed by atoms with Crippen LogP contribution in [0.2, 0.25) is 0 Å². The van der Waals surface area contributed by atoms with Crippen LogP contribution in [0.1, 0.15) is 17.4 Å². The number of aliphatic hydroxyl groups excluding tert-OH is 1. The average molecular weight is 372 g/mol. The topological polar surface area (TPSA) is 66.4 Å². The van der Waals surface area contributed by atoms with Gasteiger partial charge in [0.2, 0.25) is 0 Å². The number of hydrogen-bond donors (Lipinski definition) is 1. The molecule has 2 fully saturated rings. The van der Waals surface area contributed by atoms with Crippen LogP contribution in [-0.4, -0.2) is 49.5 Å². The van der Waals surface area contributed by atoms with Crippen molar-refractivity contribution >= 4 is 0 Å². The van der Waals surface area contributed by atoms with E-state index in [1.54, 1.807) is 0 Å². The van der Waals surface area contributed by atoms with Gasteiger partial charge in [0.15, 0.2) is 12.6 Å². The molecule has 2 saturated heterocycles. The number of methoxy groups -OCH3 is 1. The number of benzene rings is 2. The Morgan fingerprint density at radius 1 is 1.00 bits per heavy atom. The summed E-state index contributed by atoms with van der Waals surface area (Å²) >= 11 is 0. The third-order valence-corrected chi connectivity index (χ3v) is 4.90. The maximum Gasteiger partial charge on any atom is 0.186 e. The molecule has 2 aliphatic rings. The van der Waals surface area contributed by atoms with E-state index in [4.69, 9.17) is 23.7 Å². The van der Waals surface area contributed by atoms with Gasteiger partial charge in [0.25, 0.3) is 0 Å². The number of aliphatic hydroxyl groups is 1. The van der Waals surface area contributed by atoms with Gasteiger partial charge >= 0.3 is 0 Å². The smallest absolute Gasteiger partial charge is 0.186 e. The van der Waals surface area contributed by atoms with Crippen molar-refractivity contribution in [3.63, 3.8) is 0 Å². The lowest BCUT2D eigenvalue weighted by Crippen LogP contribution is -2.62. The van der Waals surface area contributed by atoms with Crippen LogP contribution in [-0.2, 0) is 30.3 Å². The molecule has 2 heterocycles. The molecule has 2 aromatic rings. The van der Waals surface area contributed by atoms with Gasteiger partial charge in [-0.15, -0.1) is 0 Å². The third kappa shape index (κ3) is 4.06. The zero-order valence-corrected chi connectivity index (χ0v) is 15.1. The van der Waals surface area contributed by atoms with E-state index in [0.717, 1.165) is 11.1 Å². The lowest BCUT2D eigenvalue weighted by Gasteiger charge is -2.47. The summed E-state index contributed by atoms with van der Waals surface area (Å²) in [6, 6.07) is 19.5. The van der Waals surface area contributed by atoms with Crippen molar-refractivity contribution in [3.05, 3.63) is 71.8 Å². The van der Waals surface area contributed by atoms with Gasteiger partial charge < -0.3 is 28.8 Å². The molecule has 0 spiro atoms. The average Bonchev–Trinajstić information content (AvgIpc) is 2.74. The van der Waals surface area contributed by atoms with Crippen LogP contribution in [0.5, 0.6) is 0 Å². The first kappa shape index (κ1) is 18.6. The van der Waals surface area contributed by atoms with Crippen LogP contribution in [0, 0.1) is 0 Å². The van der Waals surface area contributed by atoms with Crippen LogP contribution in [0.4, 0.5) is 0 Å². The van der Waals surface area contributed by atoms with Gasteiger partial charge in [-0.1, -0.05) is 60.7 Å². The second-order valence-electron chi connectivity index (χ2n) is 6.71. The Bertz CT molecular complexity index is 709. The summed E-state index contributed by atoms with van der Waals surface area (Å²) in [6.45, 7) is 0.699. The molecule has 4 rings (SSSR count). The van der Waals surface area contributed by atoms with Crippen molar-refractivity contribution in [3.8, 4) is 0 Å². The predicted molar refractivity (Wildman–Crippen MR) is 96.7 cm³/mol. The van der Waals surface area contributed by atoms with Crippen molar-refractivity contribution in [1.29, 1.82) is 0 Å². The maximum atomic E-state index is 10.7. The minimum atomic E-state index is -0.963. The Morgan fingerprint density at radius 3 is 2.41 bits per heavy atom. The molecule has 27 heavy (non-hydrogen) atoms. The Labute approximate surface area is 158 Å². The highest BCUT2D eigenvalue weighted by Gasteiger charge is 2.50. The molecule has 2 aromatic carbocycles. The minimum Gasteiger partial charge on any atom is -0.385 e. The fourth-order valence-electron chi connectivity index (χ4n) is 3.49. The largest absolute Gasteiger partial charge is 0.385 e. The van der Waals surface area contributed by atoms with Gasteiger partial charge in [-0.3, -0.25) is 0 Å². The first-order valence-electron chi connectivity index (χ1n) is 9.10. The van der Waals surface area contributed by atoms with E-state index in [2.05, 4.69) is 0 Å². The van der Waals surface area contributed by atoms with Gasteiger partial charge in [0.1, 0.15) is 24.4 Å². The first-order valence-corrected chi connectivity index (χ1v) is 9.10. The summed E-state index contributed by atoms with van der Waals surface area (Å²) in [5.74, 6) is 0. The molecule has 144 valence electrons. The van der Waals surface area contributed by atoms with Gasteiger partial charge in [-0.2, -0.15) is 0 Å². The van der Waals surface area contributed by atoms with E-state index >= 15 is 0 Å². The van der Waals surface area contributed by atoms with Gasteiger partial charge in [0, 0.05) is 12.7 Å². The van der Waals surface area contributed by atoms with E-state index in [1.807, 2.05) is 60.7 Å². The summed E-state index contributed by atoms with van der Waals surface area (Å²) in [7, 11) is 1.50. The van der Waals surface area contributed by atoms with Crippen LogP contribution in [0.3, 0.4) is 0 Å². The fourth-order valence-corrected chi connectivity index (χ4v) is 3.49. The molecule has 6 atom stereocenters. The molecule has 0 amide bonds. The van der Waals surface area contributed by atoms with Gasteiger partial charge in [-0.05, 0) is 5.56 Å². The summed E-state index contributed by atoms with van der Waals surface area (Å²) in [4.78, 5) is 0. The minimum absolute atomic E-state index is 0.335. The molecule has 0 aliphatic carbocycles. The third-order valence-electron chi connectivity index (χ3n) is 4.90. The molecular formula is C21H24O6. The van der Waals surface area contributed by atoms with Crippen molar-refractivity contribution in [2.24, 2.45) is 0 Å². The molecule has 2 aliphatic heterocycles. The molecule has 6 nitrogen and oxygen atoms in total. The first-order chi connectivity index (χ1) is 13.3. The quantitative estimate of drug-likeness (QED) is 0.870. The van der Waals surface area contributed by atoms with Crippen LogP contribution < -0.4 is 0 Å². The van der Waals surface area contributed by atoms with Crippen molar-refractivity contribution in [2.45, 2.75) is 43.6 Å². The number of rotatable bonds is 5. The Balaban J connectivity index is 1.51. The molecule has 0 saturated carbocycles. The van der Waals surface area contributed by atoms with Crippen LogP contribution in [0.25, 0.3) is 0 Å². The zero-order chi connectivity index (χ0) is 18.6. The van der Waals surface area contributed by atoms with E-state index in [-0.39, 0.29) is 6.10 Å². The lowest BCUT2D eigenvalue weighted by molar-refractivity contribution is -0.363. The molecule has 0 radical (unpaired) electrons. The Kier molecular flexibility index (Phi) is 5.83. The Morgan fingerprint density at radius 2 is 1.70 bits per heavy atom. The maximum absolute atomic E-state index is 10.7. The van der Waals surface area contributed by atoms with Crippen molar-refractivity contribution < 1.29 is 28.8 Å². The summed E-state index contributed by atoms with van der Waals surface area (Å²) in [6.07, 6.45) is -3.70. The zero-order valence-electron chi connectivity index (χ0n) is 15.1. The number of ether oxygens (including phenoxy) is 5. The van der Waals surface area contributed by atoms with E-state index in [9.17, 15) is 5.11 Å². The van der Waals surface area contributed by atoms with Gasteiger partial charge in [0.05, 0.1) is 13.2 Å². The predicted octanol–water partition coefficient (Wildman–Crippen LogP) is 2.42. The molecule has 0 aromatic heterocycles. The summed E-state index contributed by atoms with van der Waals surface area (Å²) in [5.41, 5.74) is 1.94. The highest BCUT2D eigenvalue weighted by molar-refractivity contribution is 5.17. The van der Waals surface area contributed by atoms with Crippen molar-refractivity contribution in [2.75, 3.05) is 13.7 Å². The Hall–Kier alpha value is -1.80. The fraction of sp³-hybridized carbons (Fsp3) is 0.429. The van der Waals surface area contributed by atoms with E-state index < -0.39 is 30.9 Å². The molecule has 1 N–H and O–H groups in total. The molecule has 0 bridgehead atoms. The second-order valence-corrected chi connectivity index (χ2v) is 6.71. The van der Waals surface area contributed by atoms with E-state index in [0.29, 0.717) is 13.2 Å². The normalized spacial score (nSPS) is 33.4. The lowest BCUT2D eigenvalue weighted by atomic mass is 9.97. The highest BCUT2D eigenvalue weighted by Crippen LogP contribution is 2.35. The standard InChI is InChI=1S/C21H24O6/c1-23-21-17(22)19(24-12-14-8-4-2-5-9-14)18-16(26-21)13-25-20(27-18)15-10-6-3-7-11-15/h2-11,16-22H,12-13H2,1H3/t16-,17-,18-,19+,20?,21-/m1/s1. The van der Waals surface area contributed by atoms with E-state index in [1.165, 1.54) is 7.11 Å². The SMILES string of the molecule is CO[C@@H]1O[C@@H]2COC(c3ccccc3)O[C@H]2[C@@H](OCc2ccccc2)[C@H]1O.